The third-order valence-corrected chi connectivity index (χ3v) is 8.36. The molecular weight excluding hydrogens is 490 g/mol. The van der Waals surface area contributed by atoms with Crippen molar-refractivity contribution in [2.24, 2.45) is 5.92 Å². The minimum Gasteiger partial charge on any atom is -0.378 e. The van der Waals surface area contributed by atoms with Crippen molar-refractivity contribution in [3.05, 3.63) is 47.9 Å². The van der Waals surface area contributed by atoms with Crippen molar-refractivity contribution in [3.8, 4) is 0 Å². The number of pyridine rings is 2. The van der Waals surface area contributed by atoms with Gasteiger partial charge in [-0.2, -0.15) is 0 Å². The Bertz CT molecular complexity index is 1180. The fourth-order valence-electron chi connectivity index (χ4n) is 5.89. The van der Waals surface area contributed by atoms with Gasteiger partial charge in [0, 0.05) is 67.9 Å². The Morgan fingerprint density at radius 2 is 1.87 bits per heavy atom. The molecule has 3 N–H and O–H groups in total. The van der Waals surface area contributed by atoms with Crippen molar-refractivity contribution >= 4 is 28.8 Å². The van der Waals surface area contributed by atoms with Gasteiger partial charge in [-0.15, -0.1) is 0 Å². The molecule has 1 atom stereocenters. The Hall–Kier alpha value is -3.01. The number of piperidine rings is 2. The summed E-state index contributed by atoms with van der Waals surface area (Å²) in [5.41, 5.74) is 3.11. The molecule has 0 aliphatic carbocycles. The second kappa shape index (κ2) is 13.4. The van der Waals surface area contributed by atoms with Gasteiger partial charge in [-0.25, -0.2) is 9.97 Å². The van der Waals surface area contributed by atoms with E-state index in [1.54, 1.807) is 6.20 Å². The van der Waals surface area contributed by atoms with E-state index in [-0.39, 0.29) is 0 Å². The Morgan fingerprint density at radius 3 is 2.54 bits per heavy atom. The Balaban J connectivity index is 0.000000163. The van der Waals surface area contributed by atoms with Crippen LogP contribution in [0.2, 0.25) is 0 Å². The van der Waals surface area contributed by atoms with E-state index in [0.717, 1.165) is 69.5 Å². The Kier molecular flexibility index (Phi) is 9.44. The van der Waals surface area contributed by atoms with Crippen LogP contribution < -0.4 is 15.5 Å². The van der Waals surface area contributed by atoms with E-state index in [1.165, 1.54) is 48.8 Å². The molecular formula is C30H43N7O2. The molecule has 0 aromatic carbocycles. The number of H-pyrrole nitrogens is 1. The highest BCUT2D eigenvalue weighted by molar-refractivity contribution is 5.82. The van der Waals surface area contributed by atoms with Crippen LogP contribution in [0.15, 0.2) is 36.7 Å². The molecule has 3 fully saturated rings. The fraction of sp³-hybridized carbons (Fsp3) is 0.567. The first-order valence-corrected chi connectivity index (χ1v) is 14.5. The largest absolute Gasteiger partial charge is 0.378 e. The van der Waals surface area contributed by atoms with Crippen molar-refractivity contribution in [2.75, 3.05) is 63.6 Å². The van der Waals surface area contributed by atoms with E-state index in [1.807, 2.05) is 25.4 Å². The molecule has 3 aliphatic rings. The van der Waals surface area contributed by atoms with Crippen LogP contribution in [0.3, 0.4) is 0 Å². The summed E-state index contributed by atoms with van der Waals surface area (Å²) < 4.78 is 6.12. The van der Waals surface area contributed by atoms with Crippen molar-refractivity contribution in [2.45, 2.75) is 50.7 Å². The van der Waals surface area contributed by atoms with Crippen molar-refractivity contribution in [1.82, 2.24) is 25.2 Å². The first-order valence-electron chi connectivity index (χ1n) is 14.5. The number of aromatic nitrogens is 3. The standard InChI is InChI=1S/C17H25N3O2.C13H18N4/c21-12-15-1-2-17(19-11-15)20-9-5-16(6-10-20)22-13-14-3-7-18-8-4-14;1-14-13-7-10-9(8-15-13)6-11(16-10)12-4-3-5-17(12)2/h1-2,11-12,14,16,18H,3-10,13H2;6-8,12,16H,3-5H2,1-2H3,(H,14,15). The molecule has 1 unspecified atom stereocenters. The second-order valence-corrected chi connectivity index (χ2v) is 11.1. The van der Waals surface area contributed by atoms with Crippen molar-refractivity contribution in [1.29, 1.82) is 0 Å². The molecule has 0 spiro atoms. The second-order valence-electron chi connectivity index (χ2n) is 11.1. The van der Waals surface area contributed by atoms with Crippen LogP contribution in [-0.4, -0.2) is 85.7 Å². The van der Waals surface area contributed by atoms with Gasteiger partial charge in [0.15, 0.2) is 6.29 Å². The number of hydrogen-bond acceptors (Lipinski definition) is 8. The smallest absolute Gasteiger partial charge is 0.151 e. The maximum Gasteiger partial charge on any atom is 0.151 e. The molecule has 9 nitrogen and oxygen atoms in total. The van der Waals surface area contributed by atoms with Crippen molar-refractivity contribution in [3.63, 3.8) is 0 Å². The van der Waals surface area contributed by atoms with Gasteiger partial charge in [0.05, 0.1) is 11.6 Å². The van der Waals surface area contributed by atoms with E-state index in [9.17, 15) is 4.79 Å². The van der Waals surface area contributed by atoms with E-state index in [0.29, 0.717) is 17.7 Å². The van der Waals surface area contributed by atoms with E-state index in [2.05, 4.69) is 54.6 Å². The van der Waals surface area contributed by atoms with Crippen LogP contribution in [0.25, 0.3) is 10.9 Å². The average molecular weight is 534 g/mol. The number of aldehydes is 1. The first kappa shape index (κ1) is 27.6. The lowest BCUT2D eigenvalue weighted by molar-refractivity contribution is 0.00941. The fourth-order valence-corrected chi connectivity index (χ4v) is 5.89. The predicted octanol–water partition coefficient (Wildman–Crippen LogP) is 4.25. The van der Waals surface area contributed by atoms with E-state index >= 15 is 0 Å². The summed E-state index contributed by atoms with van der Waals surface area (Å²) in [7, 11) is 4.09. The highest BCUT2D eigenvalue weighted by atomic mass is 16.5. The van der Waals surface area contributed by atoms with Crippen molar-refractivity contribution < 1.29 is 9.53 Å². The summed E-state index contributed by atoms with van der Waals surface area (Å²) >= 11 is 0. The SMILES string of the molecule is CNc1cc2[nH]c(C3CCCN3C)cc2cn1.O=Cc1ccc(N2CCC(OCC3CCNCC3)CC2)nc1. The number of likely N-dealkylation sites (tertiary alicyclic amines) is 1. The predicted molar refractivity (Wildman–Crippen MR) is 157 cm³/mol. The third-order valence-electron chi connectivity index (χ3n) is 8.36. The summed E-state index contributed by atoms with van der Waals surface area (Å²) in [5.74, 6) is 2.60. The molecule has 6 rings (SSSR count). The van der Waals surface area contributed by atoms with Gasteiger partial charge in [0.2, 0.25) is 0 Å². The number of carbonyl (C=O) groups is 1. The first-order chi connectivity index (χ1) is 19.1. The monoisotopic (exact) mass is 533 g/mol. The van der Waals surface area contributed by atoms with Gasteiger partial charge < -0.3 is 25.3 Å². The van der Waals surface area contributed by atoms with Crippen LogP contribution in [0, 0.1) is 5.92 Å². The quantitative estimate of drug-likeness (QED) is 0.388. The van der Waals surface area contributed by atoms with Gasteiger partial charge >= 0.3 is 0 Å². The van der Waals surface area contributed by atoms with Gasteiger partial charge in [-0.05, 0) is 89.3 Å². The Labute approximate surface area is 231 Å². The number of nitrogens with one attached hydrogen (secondary N) is 3. The number of aromatic amines is 1. The van der Waals surface area contributed by atoms with Crippen LogP contribution in [-0.2, 0) is 4.74 Å². The molecule has 210 valence electrons. The maximum absolute atomic E-state index is 10.7. The molecule has 0 bridgehead atoms. The number of fused-ring (bicyclic) bond motifs is 1. The molecule has 3 aliphatic heterocycles. The summed E-state index contributed by atoms with van der Waals surface area (Å²) in [6.07, 6.45) is 11.9. The summed E-state index contributed by atoms with van der Waals surface area (Å²) in [6, 6.07) is 8.59. The summed E-state index contributed by atoms with van der Waals surface area (Å²) in [4.78, 5) is 27.6. The number of anilines is 2. The average Bonchev–Trinajstić information content (AvgIpc) is 3.62. The third kappa shape index (κ3) is 7.15. The molecule has 39 heavy (non-hydrogen) atoms. The maximum atomic E-state index is 10.7. The van der Waals surface area contributed by atoms with Gasteiger partial charge in [-0.3, -0.25) is 9.69 Å². The number of ether oxygens (including phenoxy) is 1. The van der Waals surface area contributed by atoms with Crippen LogP contribution in [0.4, 0.5) is 11.6 Å². The zero-order valence-electron chi connectivity index (χ0n) is 23.4. The number of nitrogens with zero attached hydrogens (tertiary/aromatic N) is 4. The van der Waals surface area contributed by atoms with Crippen LogP contribution in [0.1, 0.15) is 60.6 Å². The summed E-state index contributed by atoms with van der Waals surface area (Å²) in [5, 5.41) is 7.65. The molecule has 0 saturated carbocycles. The van der Waals surface area contributed by atoms with Crippen LogP contribution >= 0.6 is 0 Å². The number of rotatable bonds is 7. The topological polar surface area (TPSA) is 98.4 Å². The molecule has 9 heteroatoms. The lowest BCUT2D eigenvalue weighted by atomic mass is 9.99. The highest BCUT2D eigenvalue weighted by Crippen LogP contribution is 2.32. The highest BCUT2D eigenvalue weighted by Gasteiger charge is 2.24. The lowest BCUT2D eigenvalue weighted by Gasteiger charge is -2.33. The lowest BCUT2D eigenvalue weighted by Crippen LogP contribution is -2.38. The molecule has 0 amide bonds. The number of carbonyl (C=O) groups excluding carboxylic acids is 1. The zero-order chi connectivity index (χ0) is 27.0. The van der Waals surface area contributed by atoms with Gasteiger partial charge in [0.25, 0.3) is 0 Å². The van der Waals surface area contributed by atoms with Gasteiger partial charge in [-0.1, -0.05) is 0 Å². The molecule has 3 aromatic heterocycles. The number of hydrogen-bond donors (Lipinski definition) is 3. The van der Waals surface area contributed by atoms with E-state index in [4.69, 9.17) is 4.74 Å². The zero-order valence-corrected chi connectivity index (χ0v) is 23.4. The molecule has 3 saturated heterocycles. The molecule has 3 aromatic rings. The van der Waals surface area contributed by atoms with Crippen LogP contribution in [0.5, 0.6) is 0 Å². The molecule has 0 radical (unpaired) electrons. The van der Waals surface area contributed by atoms with Gasteiger partial charge in [0.1, 0.15) is 11.6 Å². The normalized spacial score (nSPS) is 21.1. The summed E-state index contributed by atoms with van der Waals surface area (Å²) in [6.45, 7) is 6.33. The molecule has 6 heterocycles. The van der Waals surface area contributed by atoms with E-state index < -0.39 is 0 Å². The minimum atomic E-state index is 0.389. The minimum absolute atomic E-state index is 0.389. The Morgan fingerprint density at radius 1 is 1.05 bits per heavy atom.